The first-order chi connectivity index (χ1) is 9.49. The molecule has 4 heteroatoms. The van der Waals surface area contributed by atoms with Crippen molar-refractivity contribution in [2.75, 3.05) is 0 Å². The maximum atomic E-state index is 12.6. The molecule has 0 aliphatic carbocycles. The lowest BCUT2D eigenvalue weighted by atomic mass is 10.0. The van der Waals surface area contributed by atoms with Gasteiger partial charge in [0.25, 0.3) is 0 Å². The Morgan fingerprint density at radius 1 is 1.30 bits per heavy atom. The summed E-state index contributed by atoms with van der Waals surface area (Å²) < 4.78 is 0. The third kappa shape index (κ3) is 2.30. The number of nitrogens with zero attached hydrogens (tertiary/aromatic N) is 2. The Morgan fingerprint density at radius 3 is 2.40 bits per heavy atom. The molecule has 20 heavy (non-hydrogen) atoms. The molecular formula is C16H22N2O2. The molecule has 108 valence electrons. The fraction of sp³-hybridized carbons (Fsp3) is 0.500. The molecule has 0 saturated carbocycles. The fourth-order valence-corrected chi connectivity index (χ4v) is 3.15. The van der Waals surface area contributed by atoms with Crippen LogP contribution in [0, 0.1) is 0 Å². The van der Waals surface area contributed by atoms with E-state index in [1.165, 1.54) is 11.8 Å². The van der Waals surface area contributed by atoms with Crippen LogP contribution in [-0.4, -0.2) is 33.8 Å². The molecule has 3 amide bonds. The summed E-state index contributed by atoms with van der Waals surface area (Å²) in [5.74, 6) is -0.177. The van der Waals surface area contributed by atoms with Crippen molar-refractivity contribution >= 4 is 11.9 Å². The van der Waals surface area contributed by atoms with E-state index in [9.17, 15) is 9.59 Å². The molecule has 0 bridgehead atoms. The van der Waals surface area contributed by atoms with Crippen LogP contribution in [0.25, 0.3) is 0 Å². The van der Waals surface area contributed by atoms with Gasteiger partial charge < -0.3 is 4.90 Å². The third-order valence-electron chi connectivity index (χ3n) is 4.21. The van der Waals surface area contributed by atoms with Crippen LogP contribution in [0.3, 0.4) is 0 Å². The van der Waals surface area contributed by atoms with E-state index >= 15 is 0 Å². The highest BCUT2D eigenvalue weighted by Gasteiger charge is 2.46. The molecule has 1 aromatic rings. The standard InChI is InChI=1S/C16H22N2O2/c1-5-15-12(3)17(13(4)19)16(20)18(15)11(2)14-9-7-6-8-10-14/h6-12,15H,5H2,1-4H3/t11-,12+,15-/m0/s1. The zero-order valence-corrected chi connectivity index (χ0v) is 12.5. The number of rotatable bonds is 3. The lowest BCUT2D eigenvalue weighted by Gasteiger charge is -2.30. The quantitative estimate of drug-likeness (QED) is 0.849. The Morgan fingerprint density at radius 2 is 1.90 bits per heavy atom. The van der Waals surface area contributed by atoms with Crippen LogP contribution in [0.2, 0.25) is 0 Å². The van der Waals surface area contributed by atoms with E-state index in [4.69, 9.17) is 0 Å². The fourth-order valence-electron chi connectivity index (χ4n) is 3.15. The summed E-state index contributed by atoms with van der Waals surface area (Å²) in [5, 5.41) is 0. The van der Waals surface area contributed by atoms with Crippen LogP contribution in [-0.2, 0) is 4.79 Å². The molecule has 1 aliphatic heterocycles. The van der Waals surface area contributed by atoms with Gasteiger partial charge in [-0.3, -0.25) is 9.69 Å². The minimum absolute atomic E-state index is 0.0274. The molecule has 4 nitrogen and oxygen atoms in total. The molecule has 1 fully saturated rings. The first-order valence-electron chi connectivity index (χ1n) is 7.16. The van der Waals surface area contributed by atoms with Crippen LogP contribution in [0.1, 0.15) is 45.7 Å². The van der Waals surface area contributed by atoms with Crippen LogP contribution in [0.5, 0.6) is 0 Å². The predicted molar refractivity (Wildman–Crippen MR) is 78.2 cm³/mol. The Labute approximate surface area is 120 Å². The van der Waals surface area contributed by atoms with Gasteiger partial charge in [0, 0.05) is 6.92 Å². The topological polar surface area (TPSA) is 40.6 Å². The van der Waals surface area contributed by atoms with Gasteiger partial charge in [-0.05, 0) is 25.8 Å². The molecule has 1 saturated heterocycles. The number of carbonyl (C=O) groups is 2. The largest absolute Gasteiger partial charge is 0.327 e. The summed E-state index contributed by atoms with van der Waals surface area (Å²) >= 11 is 0. The second-order valence-electron chi connectivity index (χ2n) is 5.38. The number of benzene rings is 1. The number of amides is 3. The smallest absolute Gasteiger partial charge is 0.312 e. The number of hydrogen-bond donors (Lipinski definition) is 0. The molecule has 0 N–H and O–H groups in total. The highest BCUT2D eigenvalue weighted by molar-refractivity contribution is 5.95. The second kappa shape index (κ2) is 5.65. The van der Waals surface area contributed by atoms with Crippen molar-refractivity contribution in [1.82, 2.24) is 9.80 Å². The van der Waals surface area contributed by atoms with Gasteiger partial charge >= 0.3 is 6.03 Å². The van der Waals surface area contributed by atoms with E-state index in [0.29, 0.717) is 0 Å². The molecular weight excluding hydrogens is 252 g/mol. The van der Waals surface area contributed by atoms with Crippen LogP contribution in [0.4, 0.5) is 4.79 Å². The van der Waals surface area contributed by atoms with Gasteiger partial charge in [0.15, 0.2) is 0 Å². The lowest BCUT2D eigenvalue weighted by Crippen LogP contribution is -2.38. The van der Waals surface area contributed by atoms with Crippen molar-refractivity contribution in [2.45, 2.75) is 52.2 Å². The molecule has 1 aliphatic rings. The SMILES string of the molecule is CC[C@H]1[C@@H](C)N(C(C)=O)C(=O)N1[C@@H](C)c1ccccc1. The van der Waals surface area contributed by atoms with Crippen molar-refractivity contribution in [3.05, 3.63) is 35.9 Å². The maximum Gasteiger partial charge on any atom is 0.327 e. The Balaban J connectivity index is 2.34. The summed E-state index contributed by atoms with van der Waals surface area (Å²) in [4.78, 5) is 27.5. The molecule has 2 rings (SSSR count). The van der Waals surface area contributed by atoms with Crippen molar-refractivity contribution in [3.63, 3.8) is 0 Å². The summed E-state index contributed by atoms with van der Waals surface area (Å²) in [7, 11) is 0. The Bertz CT molecular complexity index is 500. The van der Waals surface area contributed by atoms with E-state index in [-0.39, 0.29) is 30.1 Å². The Hall–Kier alpha value is -1.84. The van der Waals surface area contributed by atoms with Gasteiger partial charge in [-0.15, -0.1) is 0 Å². The molecule has 0 radical (unpaired) electrons. The summed E-state index contributed by atoms with van der Waals surface area (Å²) in [6, 6.07) is 9.74. The molecule has 0 unspecified atom stereocenters. The molecule has 1 heterocycles. The van der Waals surface area contributed by atoms with E-state index in [1.54, 1.807) is 0 Å². The second-order valence-corrected chi connectivity index (χ2v) is 5.38. The molecule has 3 atom stereocenters. The lowest BCUT2D eigenvalue weighted by molar-refractivity contribution is -0.126. The predicted octanol–water partition coefficient (Wildman–Crippen LogP) is 3.20. The first kappa shape index (κ1) is 14.6. The number of imide groups is 1. The third-order valence-corrected chi connectivity index (χ3v) is 4.21. The van der Waals surface area contributed by atoms with Gasteiger partial charge in [0.05, 0.1) is 18.1 Å². The van der Waals surface area contributed by atoms with Crippen LogP contribution < -0.4 is 0 Å². The van der Waals surface area contributed by atoms with Crippen LogP contribution in [0.15, 0.2) is 30.3 Å². The zero-order chi connectivity index (χ0) is 14.9. The van der Waals surface area contributed by atoms with Gasteiger partial charge in [0.1, 0.15) is 0 Å². The average molecular weight is 274 g/mol. The number of carbonyl (C=O) groups excluding carboxylic acids is 2. The minimum Gasteiger partial charge on any atom is -0.312 e. The summed E-state index contributed by atoms with van der Waals surface area (Å²) in [5.41, 5.74) is 1.09. The van der Waals surface area contributed by atoms with Gasteiger partial charge in [-0.2, -0.15) is 0 Å². The van der Waals surface area contributed by atoms with E-state index in [2.05, 4.69) is 6.92 Å². The van der Waals surface area contributed by atoms with Gasteiger partial charge in [-0.25, -0.2) is 4.79 Å². The average Bonchev–Trinajstić information content (AvgIpc) is 2.69. The first-order valence-corrected chi connectivity index (χ1v) is 7.16. The Kier molecular flexibility index (Phi) is 4.12. The van der Waals surface area contributed by atoms with Crippen LogP contribution >= 0.6 is 0 Å². The molecule has 0 spiro atoms. The molecule has 0 aromatic heterocycles. The normalized spacial score (nSPS) is 24.1. The van der Waals surface area contributed by atoms with Crippen molar-refractivity contribution < 1.29 is 9.59 Å². The van der Waals surface area contributed by atoms with Crippen molar-refractivity contribution in [1.29, 1.82) is 0 Å². The number of urea groups is 1. The van der Waals surface area contributed by atoms with Crippen molar-refractivity contribution in [2.24, 2.45) is 0 Å². The van der Waals surface area contributed by atoms with E-state index in [1.807, 2.05) is 49.1 Å². The monoisotopic (exact) mass is 274 g/mol. The molecule has 1 aromatic carbocycles. The van der Waals surface area contributed by atoms with E-state index in [0.717, 1.165) is 12.0 Å². The highest BCUT2D eigenvalue weighted by Crippen LogP contribution is 2.33. The minimum atomic E-state index is -0.177. The number of hydrogen-bond acceptors (Lipinski definition) is 2. The summed E-state index contributed by atoms with van der Waals surface area (Å²) in [6.45, 7) is 7.48. The van der Waals surface area contributed by atoms with Gasteiger partial charge in [-0.1, -0.05) is 37.3 Å². The van der Waals surface area contributed by atoms with Crippen molar-refractivity contribution in [3.8, 4) is 0 Å². The van der Waals surface area contributed by atoms with Gasteiger partial charge in [0.2, 0.25) is 5.91 Å². The zero-order valence-electron chi connectivity index (χ0n) is 12.5. The maximum absolute atomic E-state index is 12.6. The van der Waals surface area contributed by atoms with E-state index < -0.39 is 0 Å². The summed E-state index contributed by atoms with van der Waals surface area (Å²) in [6.07, 6.45) is 0.841. The highest BCUT2D eigenvalue weighted by atomic mass is 16.2.